The molecule has 9 heteroatoms. The fourth-order valence-corrected chi connectivity index (χ4v) is 4.75. The second kappa shape index (κ2) is 13.6. The standard InChI is InChI=1S/C35H32N2O7/c1-4-40-32-17-24(9-16-30(32)42-20-23-7-5-22(2)6-8-23)34-28-15-14-27(18-31(28)44-35(37)29(34)19-36)43-33(38)21-41-26-12-10-25(39-3)11-13-26/h5-18,34H,4,20-21,37H2,1-3H3. The Bertz CT molecular complexity index is 1710. The van der Waals surface area contributed by atoms with E-state index in [9.17, 15) is 10.1 Å². The summed E-state index contributed by atoms with van der Waals surface area (Å²) in [6, 6.07) is 27.7. The van der Waals surface area contributed by atoms with Gasteiger partial charge in [-0.1, -0.05) is 42.0 Å². The summed E-state index contributed by atoms with van der Waals surface area (Å²) in [4.78, 5) is 12.5. The topological polar surface area (TPSA) is 122 Å². The molecule has 1 atom stereocenters. The lowest BCUT2D eigenvalue weighted by Crippen LogP contribution is -2.22. The highest BCUT2D eigenvalue weighted by atomic mass is 16.6. The number of allylic oxidation sites excluding steroid dienone is 1. The molecule has 0 aliphatic carbocycles. The molecule has 0 fully saturated rings. The number of ether oxygens (including phenoxy) is 6. The maximum Gasteiger partial charge on any atom is 0.349 e. The van der Waals surface area contributed by atoms with Gasteiger partial charge in [-0.05, 0) is 67.4 Å². The van der Waals surface area contributed by atoms with E-state index >= 15 is 0 Å². The molecule has 1 unspecified atom stereocenters. The van der Waals surface area contributed by atoms with Gasteiger partial charge in [-0.25, -0.2) is 4.79 Å². The molecule has 2 N–H and O–H groups in total. The number of methoxy groups -OCH3 is 1. The Morgan fingerprint density at radius 1 is 0.886 bits per heavy atom. The van der Waals surface area contributed by atoms with E-state index in [2.05, 4.69) is 6.07 Å². The fourth-order valence-electron chi connectivity index (χ4n) is 4.75. The first-order valence-corrected chi connectivity index (χ1v) is 14.0. The number of nitriles is 1. The van der Waals surface area contributed by atoms with Gasteiger partial charge in [0.05, 0.1) is 19.6 Å². The highest BCUT2D eigenvalue weighted by Crippen LogP contribution is 2.45. The number of nitrogens with zero attached hydrogens (tertiary/aromatic N) is 1. The van der Waals surface area contributed by atoms with Gasteiger partial charge in [0.25, 0.3) is 0 Å². The fraction of sp³-hybridized carbons (Fsp3) is 0.200. The van der Waals surface area contributed by atoms with Crippen molar-refractivity contribution >= 4 is 5.97 Å². The molecule has 5 rings (SSSR count). The first-order valence-electron chi connectivity index (χ1n) is 14.0. The van der Waals surface area contributed by atoms with Crippen LogP contribution in [0.25, 0.3) is 0 Å². The zero-order valence-electron chi connectivity index (χ0n) is 24.7. The summed E-state index contributed by atoms with van der Waals surface area (Å²) in [5.41, 5.74) is 10.1. The van der Waals surface area contributed by atoms with Crippen LogP contribution in [0.3, 0.4) is 0 Å². The van der Waals surface area contributed by atoms with Crippen molar-refractivity contribution in [3.8, 4) is 40.6 Å². The molecule has 0 aromatic heterocycles. The van der Waals surface area contributed by atoms with E-state index in [1.165, 1.54) is 5.56 Å². The molecule has 1 aliphatic heterocycles. The summed E-state index contributed by atoms with van der Waals surface area (Å²) in [6.45, 7) is 4.43. The molecule has 4 aromatic carbocycles. The predicted octanol–water partition coefficient (Wildman–Crippen LogP) is 6.18. The summed E-state index contributed by atoms with van der Waals surface area (Å²) >= 11 is 0. The average molecular weight is 593 g/mol. The largest absolute Gasteiger partial charge is 0.497 e. The van der Waals surface area contributed by atoms with Crippen molar-refractivity contribution in [2.75, 3.05) is 20.3 Å². The first kappa shape index (κ1) is 29.9. The molecule has 4 aromatic rings. The minimum Gasteiger partial charge on any atom is -0.497 e. The lowest BCUT2D eigenvalue weighted by atomic mass is 9.83. The van der Waals surface area contributed by atoms with E-state index in [-0.39, 0.29) is 23.8 Å². The Morgan fingerprint density at radius 3 is 2.32 bits per heavy atom. The van der Waals surface area contributed by atoms with Crippen molar-refractivity contribution in [1.82, 2.24) is 0 Å². The van der Waals surface area contributed by atoms with E-state index in [1.807, 2.05) is 56.3 Å². The van der Waals surface area contributed by atoms with Crippen LogP contribution in [0.15, 0.2) is 96.4 Å². The number of benzene rings is 4. The molecule has 1 aliphatic rings. The normalized spacial score (nSPS) is 13.6. The number of hydrogen-bond donors (Lipinski definition) is 1. The van der Waals surface area contributed by atoms with Crippen molar-refractivity contribution in [1.29, 1.82) is 5.26 Å². The second-order valence-corrected chi connectivity index (χ2v) is 9.98. The van der Waals surface area contributed by atoms with Gasteiger partial charge in [-0.3, -0.25) is 0 Å². The maximum atomic E-state index is 12.5. The zero-order valence-corrected chi connectivity index (χ0v) is 24.7. The summed E-state index contributed by atoms with van der Waals surface area (Å²) in [6.07, 6.45) is 0. The van der Waals surface area contributed by atoms with Gasteiger partial charge >= 0.3 is 5.97 Å². The van der Waals surface area contributed by atoms with Crippen LogP contribution in [0.1, 0.15) is 35.1 Å². The highest BCUT2D eigenvalue weighted by Gasteiger charge is 2.32. The van der Waals surface area contributed by atoms with Crippen LogP contribution in [0, 0.1) is 18.3 Å². The van der Waals surface area contributed by atoms with Crippen LogP contribution < -0.4 is 34.2 Å². The quantitative estimate of drug-likeness (QED) is 0.161. The number of carbonyl (C=O) groups excluding carboxylic acids is 1. The molecule has 0 saturated carbocycles. The number of carbonyl (C=O) groups is 1. The number of esters is 1. The maximum absolute atomic E-state index is 12.5. The monoisotopic (exact) mass is 592 g/mol. The van der Waals surface area contributed by atoms with Crippen LogP contribution in [-0.2, 0) is 11.4 Å². The lowest BCUT2D eigenvalue weighted by Gasteiger charge is -2.27. The Balaban J connectivity index is 1.35. The van der Waals surface area contributed by atoms with Gasteiger partial charge in [0.1, 0.15) is 41.2 Å². The molecule has 224 valence electrons. The molecule has 1 heterocycles. The third-order valence-electron chi connectivity index (χ3n) is 6.95. The molecule has 0 saturated heterocycles. The summed E-state index contributed by atoms with van der Waals surface area (Å²) < 4.78 is 34.0. The van der Waals surface area contributed by atoms with Crippen molar-refractivity contribution in [3.63, 3.8) is 0 Å². The van der Waals surface area contributed by atoms with E-state index in [1.54, 1.807) is 49.6 Å². The lowest BCUT2D eigenvalue weighted by molar-refractivity contribution is -0.136. The van der Waals surface area contributed by atoms with Gasteiger partial charge in [-0.15, -0.1) is 0 Å². The van der Waals surface area contributed by atoms with E-state index in [4.69, 9.17) is 34.2 Å². The molecule has 0 amide bonds. The third-order valence-corrected chi connectivity index (χ3v) is 6.95. The second-order valence-electron chi connectivity index (χ2n) is 9.98. The Morgan fingerprint density at radius 2 is 1.61 bits per heavy atom. The van der Waals surface area contributed by atoms with E-state index in [0.29, 0.717) is 47.5 Å². The number of hydrogen-bond acceptors (Lipinski definition) is 9. The summed E-state index contributed by atoms with van der Waals surface area (Å²) in [7, 11) is 1.57. The smallest absolute Gasteiger partial charge is 0.349 e. The van der Waals surface area contributed by atoms with Gasteiger partial charge in [-0.2, -0.15) is 5.26 Å². The minimum atomic E-state index is -0.600. The van der Waals surface area contributed by atoms with Crippen LogP contribution in [-0.4, -0.2) is 26.3 Å². The van der Waals surface area contributed by atoms with Crippen LogP contribution >= 0.6 is 0 Å². The average Bonchev–Trinajstić information content (AvgIpc) is 3.03. The molecule has 44 heavy (non-hydrogen) atoms. The van der Waals surface area contributed by atoms with Crippen molar-refractivity contribution < 1.29 is 33.2 Å². The number of fused-ring (bicyclic) bond motifs is 1. The van der Waals surface area contributed by atoms with Crippen LogP contribution in [0.4, 0.5) is 0 Å². The number of aryl methyl sites for hydroxylation is 1. The van der Waals surface area contributed by atoms with E-state index in [0.717, 1.165) is 11.1 Å². The first-order chi connectivity index (χ1) is 21.4. The van der Waals surface area contributed by atoms with Gasteiger partial charge in [0.2, 0.25) is 5.88 Å². The van der Waals surface area contributed by atoms with Crippen molar-refractivity contribution in [2.45, 2.75) is 26.4 Å². The SMILES string of the molecule is CCOc1cc(C2C(C#N)=C(N)Oc3cc(OC(=O)COc4ccc(OC)cc4)ccc32)ccc1OCc1ccc(C)cc1. The zero-order chi connectivity index (χ0) is 31.1. The Kier molecular flexibility index (Phi) is 9.21. The predicted molar refractivity (Wildman–Crippen MR) is 163 cm³/mol. The molecular formula is C35H32N2O7. The van der Waals surface area contributed by atoms with Crippen LogP contribution in [0.2, 0.25) is 0 Å². The Hall–Kier alpha value is -5.62. The summed E-state index contributed by atoms with van der Waals surface area (Å²) in [5.74, 6) is 1.74. The summed E-state index contributed by atoms with van der Waals surface area (Å²) in [5, 5.41) is 10.0. The number of nitrogens with two attached hydrogens (primary N) is 1. The number of rotatable bonds is 11. The van der Waals surface area contributed by atoms with Gasteiger partial charge in [0, 0.05) is 11.6 Å². The van der Waals surface area contributed by atoms with Crippen LogP contribution in [0.5, 0.6) is 34.5 Å². The van der Waals surface area contributed by atoms with Gasteiger partial charge in [0.15, 0.2) is 18.1 Å². The highest BCUT2D eigenvalue weighted by molar-refractivity contribution is 5.74. The van der Waals surface area contributed by atoms with Crippen molar-refractivity contribution in [3.05, 3.63) is 119 Å². The molecule has 0 spiro atoms. The molecular weight excluding hydrogens is 560 g/mol. The van der Waals surface area contributed by atoms with Gasteiger partial charge < -0.3 is 34.2 Å². The molecule has 0 radical (unpaired) electrons. The van der Waals surface area contributed by atoms with Crippen molar-refractivity contribution in [2.24, 2.45) is 5.73 Å². The molecule has 9 nitrogen and oxygen atoms in total. The van der Waals surface area contributed by atoms with E-state index < -0.39 is 11.9 Å². The molecule has 0 bridgehead atoms. The Labute approximate surface area is 255 Å². The third kappa shape index (κ3) is 6.88. The minimum absolute atomic E-state index is 0.0334.